The van der Waals surface area contributed by atoms with Crippen LogP contribution in [0.15, 0.2) is 18.3 Å². The van der Waals surface area contributed by atoms with E-state index >= 15 is 0 Å². The molecule has 0 saturated heterocycles. The smallest absolute Gasteiger partial charge is 0.112 e. The lowest BCUT2D eigenvalue weighted by atomic mass is 10.0. The van der Waals surface area contributed by atoms with Gasteiger partial charge >= 0.3 is 0 Å². The summed E-state index contributed by atoms with van der Waals surface area (Å²) in [5.41, 5.74) is 8.62. The van der Waals surface area contributed by atoms with E-state index in [1.165, 1.54) is 5.56 Å². The zero-order valence-electron chi connectivity index (χ0n) is 15.6. The molecule has 0 saturated carbocycles. The molecule has 2 unspecified atom stereocenters. The number of hydrogen-bond acceptors (Lipinski definition) is 3. The van der Waals surface area contributed by atoms with Gasteiger partial charge in [0.15, 0.2) is 0 Å². The fourth-order valence-electron chi connectivity index (χ4n) is 4.09. The van der Waals surface area contributed by atoms with Crippen LogP contribution in [0.5, 0.6) is 0 Å². The first-order valence-corrected chi connectivity index (χ1v) is 10.7. The molecule has 1 heterocycles. The van der Waals surface area contributed by atoms with E-state index in [1.54, 1.807) is 0 Å². The number of nitrogens with two attached hydrogens (primary N) is 1. The van der Waals surface area contributed by atoms with Crippen LogP contribution < -0.4 is 5.73 Å². The Bertz CT molecular complexity index is 494. The number of aromatic nitrogens is 1. The molecular formula is C19H34N2OS. The Labute approximate surface area is 143 Å². The van der Waals surface area contributed by atoms with Gasteiger partial charge in [-0.3, -0.25) is 4.98 Å². The van der Waals surface area contributed by atoms with Crippen molar-refractivity contribution in [1.29, 1.82) is 0 Å². The van der Waals surface area contributed by atoms with Gasteiger partial charge in [0.2, 0.25) is 0 Å². The molecule has 2 atom stereocenters. The molecule has 132 valence electrons. The molecule has 0 spiro atoms. The minimum absolute atomic E-state index is 0.0851. The van der Waals surface area contributed by atoms with Crippen LogP contribution in [0, 0.1) is 0 Å². The van der Waals surface area contributed by atoms with Crippen LogP contribution >= 0.6 is 10.3 Å². The highest BCUT2D eigenvalue weighted by atomic mass is 32.3. The molecule has 1 aromatic heterocycles. The summed E-state index contributed by atoms with van der Waals surface area (Å²) in [5, 5.41) is 1.60. The second-order valence-electron chi connectivity index (χ2n) is 7.44. The summed E-state index contributed by atoms with van der Waals surface area (Å²) in [6.07, 6.45) is 5.11. The van der Waals surface area contributed by atoms with Gasteiger partial charge in [-0.15, -0.1) is 10.3 Å². The van der Waals surface area contributed by atoms with E-state index in [2.05, 4.69) is 52.6 Å². The molecule has 4 heteroatoms. The van der Waals surface area contributed by atoms with Crippen LogP contribution in [0.3, 0.4) is 0 Å². The summed E-state index contributed by atoms with van der Waals surface area (Å²) < 4.78 is 6.98. The molecule has 1 aliphatic rings. The molecule has 0 radical (unpaired) electrons. The van der Waals surface area contributed by atoms with Gasteiger partial charge < -0.3 is 9.92 Å². The van der Waals surface area contributed by atoms with Gasteiger partial charge in [-0.1, -0.05) is 47.6 Å². The average Bonchev–Trinajstić information content (AvgIpc) is 2.63. The zero-order chi connectivity index (χ0) is 17.2. The monoisotopic (exact) mass is 338 g/mol. The van der Waals surface area contributed by atoms with Crippen molar-refractivity contribution >= 4 is 10.3 Å². The Balaban J connectivity index is 2.42. The Hall–Kier alpha value is -0.580. The molecule has 0 amide bonds. The molecule has 0 aliphatic heterocycles. The molecule has 0 bridgehead atoms. The third-order valence-electron chi connectivity index (χ3n) is 5.05. The number of hydrogen-bond donors (Lipinski definition) is 1. The van der Waals surface area contributed by atoms with E-state index in [0.717, 1.165) is 25.0 Å². The summed E-state index contributed by atoms with van der Waals surface area (Å²) >= 11 is 0. The predicted molar refractivity (Wildman–Crippen MR) is 102 cm³/mol. The molecule has 0 aromatic carbocycles. The largest absolute Gasteiger partial charge is 0.326 e. The summed E-state index contributed by atoms with van der Waals surface area (Å²) in [6, 6.07) is 4.22. The third-order valence-corrected chi connectivity index (χ3v) is 10.0. The lowest BCUT2D eigenvalue weighted by molar-refractivity contribution is 0.209. The quantitative estimate of drug-likeness (QED) is 0.744. The lowest BCUT2D eigenvalue weighted by Crippen LogP contribution is -2.32. The van der Waals surface area contributed by atoms with Crippen molar-refractivity contribution < 1.29 is 4.18 Å². The Morgan fingerprint density at radius 1 is 1.09 bits per heavy atom. The van der Waals surface area contributed by atoms with Gasteiger partial charge in [-0.2, -0.15) is 0 Å². The molecule has 3 nitrogen and oxygen atoms in total. The summed E-state index contributed by atoms with van der Waals surface area (Å²) in [7, 11) is -1.20. The molecule has 1 aromatic rings. The Morgan fingerprint density at radius 3 is 2.26 bits per heavy atom. The van der Waals surface area contributed by atoms with Gasteiger partial charge in [0.1, 0.15) is 6.10 Å². The van der Waals surface area contributed by atoms with Crippen molar-refractivity contribution in [3.63, 3.8) is 0 Å². The number of nitrogens with zero attached hydrogens (tertiary/aromatic N) is 1. The zero-order valence-corrected chi connectivity index (χ0v) is 16.4. The van der Waals surface area contributed by atoms with Gasteiger partial charge in [0.05, 0.1) is 5.69 Å². The second kappa shape index (κ2) is 7.54. The maximum absolute atomic E-state index is 6.98. The fourth-order valence-corrected chi connectivity index (χ4v) is 8.61. The van der Waals surface area contributed by atoms with E-state index in [9.17, 15) is 0 Å². The molecule has 2 N–H and O–H groups in total. The van der Waals surface area contributed by atoms with Crippen molar-refractivity contribution in [3.8, 4) is 0 Å². The van der Waals surface area contributed by atoms with Crippen LogP contribution in [-0.2, 0) is 4.18 Å². The van der Waals surface area contributed by atoms with Gasteiger partial charge in [-0.25, -0.2) is 0 Å². The highest BCUT2D eigenvalue weighted by Gasteiger charge is 2.39. The van der Waals surface area contributed by atoms with E-state index in [1.807, 2.05) is 12.3 Å². The topological polar surface area (TPSA) is 48.1 Å². The van der Waals surface area contributed by atoms with E-state index < -0.39 is 10.3 Å². The van der Waals surface area contributed by atoms with Crippen molar-refractivity contribution in [2.75, 3.05) is 0 Å². The first-order valence-electron chi connectivity index (χ1n) is 8.99. The summed E-state index contributed by atoms with van der Waals surface area (Å²) in [6.45, 7) is 13.9. The Kier molecular flexibility index (Phi) is 6.15. The van der Waals surface area contributed by atoms with Crippen LogP contribution in [0.4, 0.5) is 0 Å². The normalized spacial score (nSPS) is 23.2. The molecule has 23 heavy (non-hydrogen) atoms. The molecule has 0 fully saturated rings. The highest BCUT2D eigenvalue weighted by molar-refractivity contribution is 8.31. The molecular weight excluding hydrogens is 304 g/mol. The Morgan fingerprint density at radius 2 is 1.70 bits per heavy atom. The first-order chi connectivity index (χ1) is 10.8. The SMILES string of the molecule is CC(C)S(OC1CCCC(N)c2cccnc21)(C(C)C)C(C)C. The van der Waals surface area contributed by atoms with E-state index in [-0.39, 0.29) is 12.1 Å². The van der Waals surface area contributed by atoms with Crippen LogP contribution in [-0.4, -0.2) is 20.7 Å². The standard InChI is InChI=1S/C19H34N2OS/c1-13(2)23(14(3)4,15(5)6)22-18-11-7-10-17(20)16-9-8-12-21-19(16)18/h8-9,12-15,17-18H,7,10-11,20H2,1-6H3. The number of pyridine rings is 1. The first kappa shape index (κ1) is 18.8. The van der Waals surface area contributed by atoms with Gasteiger partial charge in [0, 0.05) is 28.0 Å². The van der Waals surface area contributed by atoms with Crippen LogP contribution in [0.25, 0.3) is 0 Å². The van der Waals surface area contributed by atoms with E-state index in [0.29, 0.717) is 15.7 Å². The highest BCUT2D eigenvalue weighted by Crippen LogP contribution is 2.64. The minimum Gasteiger partial charge on any atom is -0.326 e. The van der Waals surface area contributed by atoms with Gasteiger partial charge in [0.25, 0.3) is 0 Å². The van der Waals surface area contributed by atoms with Crippen molar-refractivity contribution in [3.05, 3.63) is 29.6 Å². The van der Waals surface area contributed by atoms with Crippen LogP contribution in [0.2, 0.25) is 0 Å². The molecule has 1 aliphatic carbocycles. The maximum atomic E-state index is 6.98. The summed E-state index contributed by atoms with van der Waals surface area (Å²) in [5.74, 6) is 0. The number of fused-ring (bicyclic) bond motifs is 1. The number of rotatable bonds is 5. The predicted octanol–water partition coefficient (Wildman–Crippen LogP) is 5.27. The van der Waals surface area contributed by atoms with E-state index in [4.69, 9.17) is 9.92 Å². The van der Waals surface area contributed by atoms with Crippen molar-refractivity contribution in [2.24, 2.45) is 5.73 Å². The van der Waals surface area contributed by atoms with Crippen molar-refractivity contribution in [2.45, 2.75) is 88.7 Å². The van der Waals surface area contributed by atoms with Gasteiger partial charge in [-0.05, 0) is 30.9 Å². The van der Waals surface area contributed by atoms with Crippen molar-refractivity contribution in [1.82, 2.24) is 4.98 Å². The fraction of sp³-hybridized carbons (Fsp3) is 0.737. The molecule has 2 rings (SSSR count). The maximum Gasteiger partial charge on any atom is 0.112 e. The third kappa shape index (κ3) is 3.59. The summed E-state index contributed by atoms with van der Waals surface area (Å²) in [4.78, 5) is 4.68. The van der Waals surface area contributed by atoms with Crippen LogP contribution in [0.1, 0.15) is 84.2 Å². The lowest BCUT2D eigenvalue weighted by Gasteiger charge is -2.52. The minimum atomic E-state index is -1.20. The second-order valence-corrected chi connectivity index (χ2v) is 11.9. The average molecular weight is 339 g/mol.